The summed E-state index contributed by atoms with van der Waals surface area (Å²) in [5, 5.41) is 15.5. The average Bonchev–Trinajstić information content (AvgIpc) is 3.27. The zero-order valence-corrected chi connectivity index (χ0v) is 18.3. The van der Waals surface area contributed by atoms with Crippen LogP contribution in [0.5, 0.6) is 11.5 Å². The summed E-state index contributed by atoms with van der Waals surface area (Å²) in [5.74, 6) is 0.0934. The fourth-order valence-electron chi connectivity index (χ4n) is 3.11. The van der Waals surface area contributed by atoms with E-state index in [9.17, 15) is 19.7 Å². The van der Waals surface area contributed by atoms with Crippen LogP contribution in [0, 0.1) is 10.1 Å². The van der Waals surface area contributed by atoms with E-state index in [-0.39, 0.29) is 17.2 Å². The van der Waals surface area contributed by atoms with Crippen LogP contribution in [0.4, 0.5) is 10.8 Å². The molecule has 0 aliphatic carbocycles. The van der Waals surface area contributed by atoms with Crippen molar-refractivity contribution in [1.29, 1.82) is 0 Å². The largest absolute Gasteiger partial charge is 0.486 e. The first-order valence-electron chi connectivity index (χ1n) is 9.98. The number of carbonyl (C=O) groups is 2. The molecular formula is C22H19N3O7S. The number of carbonyl (C=O) groups excluding carboxylic acids is 2. The summed E-state index contributed by atoms with van der Waals surface area (Å²) in [6, 6.07) is 11.2. The molecule has 2 aromatic carbocycles. The van der Waals surface area contributed by atoms with Crippen LogP contribution < -0.4 is 14.8 Å². The van der Waals surface area contributed by atoms with Crippen LogP contribution in [0.25, 0.3) is 11.3 Å². The summed E-state index contributed by atoms with van der Waals surface area (Å²) in [7, 11) is 0. The smallest absolute Gasteiger partial charge is 0.311 e. The van der Waals surface area contributed by atoms with Gasteiger partial charge in [-0.3, -0.25) is 25.0 Å². The molecule has 1 aliphatic rings. The minimum atomic E-state index is -1.04. The van der Waals surface area contributed by atoms with Gasteiger partial charge >= 0.3 is 5.97 Å². The number of nitro groups is 1. The molecule has 1 atom stereocenters. The molecule has 1 aliphatic heterocycles. The van der Waals surface area contributed by atoms with E-state index in [0.717, 1.165) is 11.3 Å². The molecular weight excluding hydrogens is 450 g/mol. The van der Waals surface area contributed by atoms with Gasteiger partial charge in [-0.25, -0.2) is 4.98 Å². The predicted molar refractivity (Wildman–Crippen MR) is 120 cm³/mol. The number of rotatable bonds is 7. The number of hydrogen-bond acceptors (Lipinski definition) is 9. The molecule has 3 aromatic rings. The van der Waals surface area contributed by atoms with Crippen LogP contribution in [0.15, 0.2) is 47.8 Å². The van der Waals surface area contributed by atoms with Crippen LogP contribution in [-0.4, -0.2) is 41.1 Å². The molecule has 1 aromatic heterocycles. The SMILES string of the molecule is CC(OC(=O)Cc1ccc2c(c1)OCCO2)C(=O)Nc1nc(-c2cccc([N+](=O)[O-])c2)cs1. The summed E-state index contributed by atoms with van der Waals surface area (Å²) in [6.45, 7) is 2.39. The number of anilines is 1. The van der Waals surface area contributed by atoms with Gasteiger partial charge in [-0.05, 0) is 24.6 Å². The maximum absolute atomic E-state index is 12.4. The Morgan fingerprint density at radius 3 is 2.79 bits per heavy atom. The van der Waals surface area contributed by atoms with Gasteiger partial charge < -0.3 is 14.2 Å². The Bertz CT molecular complexity index is 1210. The van der Waals surface area contributed by atoms with Crippen molar-refractivity contribution in [2.75, 3.05) is 18.5 Å². The minimum absolute atomic E-state index is 0.0254. The highest BCUT2D eigenvalue weighted by atomic mass is 32.1. The third kappa shape index (κ3) is 5.44. The lowest BCUT2D eigenvalue weighted by molar-refractivity contribution is -0.384. The number of non-ortho nitro benzene ring substituents is 1. The zero-order valence-electron chi connectivity index (χ0n) is 17.5. The van der Waals surface area contributed by atoms with E-state index in [1.807, 2.05) is 0 Å². The lowest BCUT2D eigenvalue weighted by atomic mass is 10.1. The van der Waals surface area contributed by atoms with Crippen molar-refractivity contribution in [3.05, 3.63) is 63.5 Å². The fraction of sp³-hybridized carbons (Fsp3) is 0.227. The molecule has 2 heterocycles. The first-order chi connectivity index (χ1) is 15.9. The molecule has 0 saturated heterocycles. The topological polar surface area (TPSA) is 130 Å². The normalized spacial score (nSPS) is 13.1. The number of ether oxygens (including phenoxy) is 3. The number of benzene rings is 2. The van der Waals surface area contributed by atoms with Crippen LogP contribution in [0.3, 0.4) is 0 Å². The van der Waals surface area contributed by atoms with Gasteiger partial charge in [-0.1, -0.05) is 18.2 Å². The second-order valence-corrected chi connectivity index (χ2v) is 7.98. The third-order valence-corrected chi connectivity index (χ3v) is 5.48. The third-order valence-electron chi connectivity index (χ3n) is 4.72. The molecule has 11 heteroatoms. The Kier molecular flexibility index (Phi) is 6.50. The molecule has 0 radical (unpaired) electrons. The second-order valence-electron chi connectivity index (χ2n) is 7.12. The number of esters is 1. The molecule has 0 spiro atoms. The highest BCUT2D eigenvalue weighted by molar-refractivity contribution is 7.14. The Labute approximate surface area is 192 Å². The molecule has 4 rings (SSSR count). The highest BCUT2D eigenvalue weighted by Crippen LogP contribution is 2.31. The van der Waals surface area contributed by atoms with Gasteiger partial charge in [0.15, 0.2) is 22.7 Å². The second kappa shape index (κ2) is 9.65. The highest BCUT2D eigenvalue weighted by Gasteiger charge is 2.21. The number of hydrogen-bond donors (Lipinski definition) is 1. The maximum Gasteiger partial charge on any atom is 0.311 e. The summed E-state index contributed by atoms with van der Waals surface area (Å²) in [4.78, 5) is 39.5. The molecule has 0 bridgehead atoms. The quantitative estimate of drug-likeness (QED) is 0.316. The van der Waals surface area contributed by atoms with Crippen LogP contribution in [-0.2, 0) is 20.7 Å². The van der Waals surface area contributed by atoms with Crippen LogP contribution in [0.1, 0.15) is 12.5 Å². The maximum atomic E-state index is 12.4. The van der Waals surface area contributed by atoms with E-state index in [4.69, 9.17) is 14.2 Å². The van der Waals surface area contributed by atoms with Gasteiger partial charge in [0.05, 0.1) is 17.0 Å². The number of nitro benzene ring substituents is 1. The summed E-state index contributed by atoms with van der Waals surface area (Å²) < 4.78 is 16.2. The molecule has 1 N–H and O–H groups in total. The molecule has 33 heavy (non-hydrogen) atoms. The average molecular weight is 469 g/mol. The van der Waals surface area contributed by atoms with E-state index in [1.165, 1.54) is 19.1 Å². The fourth-order valence-corrected chi connectivity index (χ4v) is 3.83. The van der Waals surface area contributed by atoms with Crippen molar-refractivity contribution in [3.8, 4) is 22.8 Å². The Morgan fingerprint density at radius 1 is 1.21 bits per heavy atom. The number of nitrogens with zero attached hydrogens (tertiary/aromatic N) is 2. The number of aromatic nitrogens is 1. The Morgan fingerprint density at radius 2 is 2.00 bits per heavy atom. The van der Waals surface area contributed by atoms with Crippen LogP contribution in [0.2, 0.25) is 0 Å². The van der Waals surface area contributed by atoms with Gasteiger partial charge in [0, 0.05) is 23.1 Å². The van der Waals surface area contributed by atoms with Crippen molar-refractivity contribution in [2.24, 2.45) is 0 Å². The first-order valence-corrected chi connectivity index (χ1v) is 10.9. The Hall–Kier alpha value is -3.99. The van der Waals surface area contributed by atoms with Gasteiger partial charge in [0.25, 0.3) is 11.6 Å². The van der Waals surface area contributed by atoms with E-state index in [1.54, 1.807) is 35.7 Å². The molecule has 1 amide bonds. The van der Waals surface area contributed by atoms with E-state index < -0.39 is 22.9 Å². The van der Waals surface area contributed by atoms with Gasteiger partial charge in [0.2, 0.25) is 0 Å². The minimum Gasteiger partial charge on any atom is -0.486 e. The summed E-state index contributed by atoms with van der Waals surface area (Å²) >= 11 is 1.16. The molecule has 0 saturated carbocycles. The van der Waals surface area contributed by atoms with Crippen molar-refractivity contribution in [2.45, 2.75) is 19.4 Å². The number of fused-ring (bicyclic) bond motifs is 1. The standard InChI is InChI=1S/C22H19N3O7S/c1-13(32-20(26)10-14-5-6-18-19(9-14)31-8-7-30-18)21(27)24-22-23-17(12-33-22)15-3-2-4-16(11-15)25(28)29/h2-6,9,11-13H,7-8,10H2,1H3,(H,23,24,27). The van der Waals surface area contributed by atoms with E-state index >= 15 is 0 Å². The summed E-state index contributed by atoms with van der Waals surface area (Å²) in [6.07, 6.45) is -1.07. The lowest BCUT2D eigenvalue weighted by Gasteiger charge is -2.19. The zero-order chi connectivity index (χ0) is 23.4. The molecule has 10 nitrogen and oxygen atoms in total. The Balaban J connectivity index is 1.33. The van der Waals surface area contributed by atoms with Crippen molar-refractivity contribution in [1.82, 2.24) is 4.98 Å². The van der Waals surface area contributed by atoms with Gasteiger partial charge in [-0.2, -0.15) is 0 Å². The van der Waals surface area contributed by atoms with Gasteiger partial charge in [-0.15, -0.1) is 11.3 Å². The van der Waals surface area contributed by atoms with Crippen molar-refractivity contribution < 1.29 is 28.7 Å². The number of amides is 1. The molecule has 1 unspecified atom stereocenters. The predicted octanol–water partition coefficient (Wildman–Crippen LogP) is 3.60. The van der Waals surface area contributed by atoms with Crippen LogP contribution >= 0.6 is 11.3 Å². The van der Waals surface area contributed by atoms with Crippen molar-refractivity contribution in [3.63, 3.8) is 0 Å². The van der Waals surface area contributed by atoms with Crippen molar-refractivity contribution >= 4 is 34.0 Å². The lowest BCUT2D eigenvalue weighted by Crippen LogP contribution is -2.30. The monoisotopic (exact) mass is 469 g/mol. The number of thiazole rings is 1. The van der Waals surface area contributed by atoms with Gasteiger partial charge in [0.1, 0.15) is 13.2 Å². The summed E-state index contributed by atoms with van der Waals surface area (Å²) in [5.41, 5.74) is 1.67. The molecule has 170 valence electrons. The van der Waals surface area contributed by atoms with E-state index in [0.29, 0.717) is 41.5 Å². The van der Waals surface area contributed by atoms with E-state index in [2.05, 4.69) is 10.3 Å². The molecule has 0 fully saturated rings. The number of nitrogens with one attached hydrogen (secondary N) is 1. The first kappa shape index (κ1) is 22.2.